The van der Waals surface area contributed by atoms with Gasteiger partial charge in [-0.25, -0.2) is 4.39 Å². The van der Waals surface area contributed by atoms with Gasteiger partial charge < -0.3 is 5.73 Å². The average molecular weight is 275 g/mol. The van der Waals surface area contributed by atoms with Crippen LogP contribution in [0.2, 0.25) is 0 Å². The number of nitrogens with two attached hydrogens (primary N) is 1. The highest BCUT2D eigenvalue weighted by molar-refractivity contribution is 5.50. The highest BCUT2D eigenvalue weighted by Crippen LogP contribution is 2.53. The molecular formula is C10H8F7N. The van der Waals surface area contributed by atoms with Crippen molar-refractivity contribution in [1.29, 1.82) is 0 Å². The van der Waals surface area contributed by atoms with Crippen LogP contribution in [0.1, 0.15) is 11.1 Å². The third-order valence-corrected chi connectivity index (χ3v) is 2.46. The molecule has 0 aliphatic carbocycles. The fraction of sp³-hybridized carbons (Fsp3) is 0.400. The molecule has 0 aliphatic heterocycles. The number of nitrogen functional groups attached to an aromatic ring is 1. The number of benzene rings is 1. The Bertz CT molecular complexity index is 433. The number of hydrogen-bond acceptors (Lipinski definition) is 1. The topological polar surface area (TPSA) is 26.0 Å². The third-order valence-electron chi connectivity index (χ3n) is 2.46. The van der Waals surface area contributed by atoms with Gasteiger partial charge in [0.25, 0.3) is 0 Å². The van der Waals surface area contributed by atoms with Crippen molar-refractivity contribution in [2.45, 2.75) is 24.9 Å². The fourth-order valence-electron chi connectivity index (χ4n) is 1.34. The Kier molecular flexibility index (Phi) is 3.27. The zero-order valence-electron chi connectivity index (χ0n) is 8.96. The van der Waals surface area contributed by atoms with Crippen LogP contribution in [0.3, 0.4) is 0 Å². The Balaban J connectivity index is 3.51. The molecule has 0 atom stereocenters. The van der Waals surface area contributed by atoms with Gasteiger partial charge >= 0.3 is 18.0 Å². The predicted molar refractivity (Wildman–Crippen MR) is 50.5 cm³/mol. The maximum absolute atomic E-state index is 13.5. The SMILES string of the molecule is Cc1ccc(C(F)(C(F)(F)F)C(F)(F)F)cc1N. The lowest BCUT2D eigenvalue weighted by Crippen LogP contribution is -2.50. The Morgan fingerprint density at radius 1 is 0.889 bits per heavy atom. The van der Waals surface area contributed by atoms with Crippen molar-refractivity contribution in [3.05, 3.63) is 29.3 Å². The van der Waals surface area contributed by atoms with Gasteiger partial charge in [0.2, 0.25) is 0 Å². The fourth-order valence-corrected chi connectivity index (χ4v) is 1.34. The van der Waals surface area contributed by atoms with Crippen LogP contribution >= 0.6 is 0 Å². The molecule has 0 bridgehead atoms. The molecule has 0 amide bonds. The second-order valence-corrected chi connectivity index (χ2v) is 3.73. The summed E-state index contributed by atoms with van der Waals surface area (Å²) in [4.78, 5) is 0. The summed E-state index contributed by atoms with van der Waals surface area (Å²) in [6, 6.07) is 1.67. The van der Waals surface area contributed by atoms with Crippen molar-refractivity contribution in [2.24, 2.45) is 0 Å². The van der Waals surface area contributed by atoms with Gasteiger partial charge in [-0.1, -0.05) is 12.1 Å². The highest BCUT2D eigenvalue weighted by Gasteiger charge is 2.73. The number of alkyl halides is 7. The molecule has 0 radical (unpaired) electrons. The van der Waals surface area contributed by atoms with E-state index in [4.69, 9.17) is 5.73 Å². The second kappa shape index (κ2) is 4.03. The molecule has 1 nitrogen and oxygen atoms in total. The lowest BCUT2D eigenvalue weighted by Gasteiger charge is -2.30. The van der Waals surface area contributed by atoms with E-state index >= 15 is 0 Å². The van der Waals surface area contributed by atoms with Gasteiger partial charge in [0.15, 0.2) is 0 Å². The molecule has 8 heteroatoms. The monoisotopic (exact) mass is 275 g/mol. The average Bonchev–Trinajstić information content (AvgIpc) is 2.17. The van der Waals surface area contributed by atoms with E-state index in [-0.39, 0.29) is 11.3 Å². The minimum Gasteiger partial charge on any atom is -0.399 e. The van der Waals surface area contributed by atoms with Crippen LogP contribution in [0, 0.1) is 6.92 Å². The van der Waals surface area contributed by atoms with Gasteiger partial charge in [-0.15, -0.1) is 0 Å². The molecule has 1 aromatic rings. The Labute approximate surface area is 97.4 Å². The van der Waals surface area contributed by atoms with E-state index in [0.717, 1.165) is 6.07 Å². The zero-order chi connectivity index (χ0) is 14.4. The Morgan fingerprint density at radius 2 is 1.33 bits per heavy atom. The quantitative estimate of drug-likeness (QED) is 0.611. The van der Waals surface area contributed by atoms with Crippen molar-refractivity contribution in [2.75, 3.05) is 5.73 Å². The largest absolute Gasteiger partial charge is 0.435 e. The summed E-state index contributed by atoms with van der Waals surface area (Å²) >= 11 is 0. The van der Waals surface area contributed by atoms with E-state index in [2.05, 4.69) is 0 Å². The molecule has 0 spiro atoms. The number of rotatable bonds is 1. The minimum absolute atomic E-state index is 0.255. The molecule has 0 saturated heterocycles. The summed E-state index contributed by atoms with van der Waals surface area (Å²) in [5.41, 5.74) is -1.89. The summed E-state index contributed by atoms with van der Waals surface area (Å²) < 4.78 is 87.8. The third kappa shape index (κ3) is 2.11. The second-order valence-electron chi connectivity index (χ2n) is 3.73. The molecule has 0 aromatic heterocycles. The molecule has 0 unspecified atom stereocenters. The van der Waals surface area contributed by atoms with E-state index in [9.17, 15) is 30.7 Å². The summed E-state index contributed by atoms with van der Waals surface area (Å²) in [7, 11) is 0. The zero-order valence-corrected chi connectivity index (χ0v) is 8.96. The summed E-state index contributed by atoms with van der Waals surface area (Å²) in [6.07, 6.45) is -12.2. The van der Waals surface area contributed by atoms with Crippen molar-refractivity contribution in [3.8, 4) is 0 Å². The maximum atomic E-state index is 13.5. The number of halogens is 7. The van der Waals surface area contributed by atoms with Gasteiger partial charge in [-0.05, 0) is 18.6 Å². The summed E-state index contributed by atoms with van der Waals surface area (Å²) in [5.74, 6) is 0. The molecule has 0 saturated carbocycles. The van der Waals surface area contributed by atoms with Crippen LogP contribution in [0.25, 0.3) is 0 Å². The van der Waals surface area contributed by atoms with E-state index < -0.39 is 23.6 Å². The van der Waals surface area contributed by atoms with Crippen LogP contribution in [-0.4, -0.2) is 12.4 Å². The van der Waals surface area contributed by atoms with E-state index in [1.807, 2.05) is 0 Å². The standard InChI is InChI=1S/C10H8F7N/c1-5-2-3-6(4-7(5)18)8(11,9(12,13)14)10(15,16)17/h2-4H,18H2,1H3. The molecule has 18 heavy (non-hydrogen) atoms. The molecule has 1 rings (SSSR count). The van der Waals surface area contributed by atoms with Gasteiger partial charge in [0.1, 0.15) is 0 Å². The first kappa shape index (κ1) is 14.6. The van der Waals surface area contributed by atoms with E-state index in [0.29, 0.717) is 12.1 Å². The van der Waals surface area contributed by atoms with Gasteiger partial charge in [0.05, 0.1) is 0 Å². The van der Waals surface area contributed by atoms with Crippen molar-refractivity contribution >= 4 is 5.69 Å². The first-order valence-corrected chi connectivity index (χ1v) is 4.60. The Hall–Kier alpha value is -1.47. The summed E-state index contributed by atoms with van der Waals surface area (Å²) in [5, 5.41) is 0. The van der Waals surface area contributed by atoms with Crippen LogP contribution in [-0.2, 0) is 5.67 Å². The molecule has 1 aromatic carbocycles. The number of hydrogen-bond donors (Lipinski definition) is 1. The normalized spacial score (nSPS) is 13.8. The lowest BCUT2D eigenvalue weighted by atomic mass is 9.93. The van der Waals surface area contributed by atoms with Crippen LogP contribution in [0.15, 0.2) is 18.2 Å². The Morgan fingerprint density at radius 3 is 1.67 bits per heavy atom. The van der Waals surface area contributed by atoms with Gasteiger partial charge in [0, 0.05) is 11.3 Å². The minimum atomic E-state index is -6.12. The first-order chi connectivity index (χ1) is 7.91. The molecule has 0 fully saturated rings. The number of aryl methyl sites for hydroxylation is 1. The van der Waals surface area contributed by atoms with E-state index in [1.165, 1.54) is 6.92 Å². The molecule has 2 N–H and O–H groups in total. The lowest BCUT2D eigenvalue weighted by molar-refractivity contribution is -0.348. The molecule has 102 valence electrons. The van der Waals surface area contributed by atoms with Crippen molar-refractivity contribution in [1.82, 2.24) is 0 Å². The van der Waals surface area contributed by atoms with Crippen LogP contribution in [0.5, 0.6) is 0 Å². The van der Waals surface area contributed by atoms with Crippen LogP contribution < -0.4 is 5.73 Å². The highest BCUT2D eigenvalue weighted by atomic mass is 19.4. The maximum Gasteiger partial charge on any atom is 0.435 e. The van der Waals surface area contributed by atoms with Crippen LogP contribution in [0.4, 0.5) is 36.4 Å². The molecule has 0 aliphatic rings. The molecular weight excluding hydrogens is 267 g/mol. The smallest absolute Gasteiger partial charge is 0.399 e. The van der Waals surface area contributed by atoms with Crippen molar-refractivity contribution < 1.29 is 30.7 Å². The summed E-state index contributed by atoms with van der Waals surface area (Å²) in [6.45, 7) is 1.38. The first-order valence-electron chi connectivity index (χ1n) is 4.60. The molecule has 0 heterocycles. The number of anilines is 1. The van der Waals surface area contributed by atoms with Crippen molar-refractivity contribution in [3.63, 3.8) is 0 Å². The predicted octanol–water partition coefficient (Wildman–Crippen LogP) is 3.87. The van der Waals surface area contributed by atoms with E-state index in [1.54, 1.807) is 0 Å². The van der Waals surface area contributed by atoms with Gasteiger partial charge in [-0.2, -0.15) is 26.3 Å². The van der Waals surface area contributed by atoms with Gasteiger partial charge in [-0.3, -0.25) is 0 Å².